The fourth-order valence-electron chi connectivity index (χ4n) is 1.71. The number of sulfone groups is 1. The van der Waals surface area contributed by atoms with Crippen molar-refractivity contribution in [1.29, 1.82) is 0 Å². The zero-order valence-electron chi connectivity index (χ0n) is 12.3. The minimum atomic E-state index is -3.23. The number of anilines is 1. The molecule has 6 nitrogen and oxygen atoms in total. The number of hydrogen-bond donors (Lipinski definition) is 0. The van der Waals surface area contributed by atoms with Gasteiger partial charge in [0.1, 0.15) is 25.7 Å². The number of amides is 1. The van der Waals surface area contributed by atoms with Crippen LogP contribution in [0.25, 0.3) is 10.6 Å². The molecule has 0 radical (unpaired) electrons. The van der Waals surface area contributed by atoms with Crippen LogP contribution in [-0.4, -0.2) is 43.3 Å². The van der Waals surface area contributed by atoms with Gasteiger partial charge in [0.05, 0.1) is 11.9 Å². The maximum Gasteiger partial charge on any atom is 0.228 e. The normalized spacial score (nSPS) is 11.5. The highest BCUT2D eigenvalue weighted by molar-refractivity contribution is 7.90. The number of thiazole rings is 1. The van der Waals surface area contributed by atoms with Crippen molar-refractivity contribution in [3.8, 4) is 10.6 Å². The molecule has 0 saturated carbocycles. The summed E-state index contributed by atoms with van der Waals surface area (Å²) in [6.45, 7) is 0. The molecule has 0 spiro atoms. The van der Waals surface area contributed by atoms with Crippen LogP contribution in [0.15, 0.2) is 18.5 Å². The topological polar surface area (TPSA) is 80.2 Å². The number of aromatic nitrogens is 2. The van der Waals surface area contributed by atoms with Crippen LogP contribution in [0.1, 0.15) is 6.42 Å². The number of hydrogen-bond acceptors (Lipinski definition) is 6. The first-order valence-corrected chi connectivity index (χ1v) is 9.64. The second-order valence-electron chi connectivity index (χ2n) is 4.84. The van der Waals surface area contributed by atoms with E-state index in [-0.39, 0.29) is 17.3 Å². The van der Waals surface area contributed by atoms with Crippen LogP contribution in [0.2, 0.25) is 5.15 Å². The molecule has 0 fully saturated rings. The van der Waals surface area contributed by atoms with E-state index in [2.05, 4.69) is 9.97 Å². The van der Waals surface area contributed by atoms with Gasteiger partial charge in [-0.05, 0) is 6.07 Å². The molecular weight excluding hydrogens is 365 g/mol. The molecule has 1 amide bonds. The molecule has 0 unspecified atom stereocenters. The van der Waals surface area contributed by atoms with Gasteiger partial charge in [-0.1, -0.05) is 22.9 Å². The third-order valence-corrected chi connectivity index (χ3v) is 5.39. The van der Waals surface area contributed by atoms with E-state index in [9.17, 15) is 17.6 Å². The molecule has 0 bridgehead atoms. The molecule has 23 heavy (non-hydrogen) atoms. The van der Waals surface area contributed by atoms with Crippen LogP contribution in [-0.2, 0) is 14.6 Å². The largest absolute Gasteiger partial charge is 0.304 e. The van der Waals surface area contributed by atoms with E-state index in [1.54, 1.807) is 0 Å². The summed E-state index contributed by atoms with van der Waals surface area (Å²) in [6.07, 6.45) is 3.42. The molecule has 2 heterocycles. The first kappa shape index (κ1) is 17.8. The molecule has 2 aromatic heterocycles. The summed E-state index contributed by atoms with van der Waals surface area (Å²) in [7, 11) is -1.75. The Morgan fingerprint density at radius 2 is 2.13 bits per heavy atom. The highest BCUT2D eigenvalue weighted by atomic mass is 35.5. The Morgan fingerprint density at radius 3 is 2.74 bits per heavy atom. The van der Waals surface area contributed by atoms with Crippen LogP contribution < -0.4 is 4.90 Å². The lowest BCUT2D eigenvalue weighted by atomic mass is 10.3. The smallest absolute Gasteiger partial charge is 0.228 e. The number of rotatable bonds is 5. The summed E-state index contributed by atoms with van der Waals surface area (Å²) < 4.78 is 35.5. The van der Waals surface area contributed by atoms with Gasteiger partial charge >= 0.3 is 0 Å². The van der Waals surface area contributed by atoms with Crippen LogP contribution in [0.5, 0.6) is 0 Å². The van der Waals surface area contributed by atoms with Gasteiger partial charge in [-0.15, -0.1) is 0 Å². The van der Waals surface area contributed by atoms with Gasteiger partial charge in [0.25, 0.3) is 0 Å². The van der Waals surface area contributed by atoms with Gasteiger partial charge in [-0.25, -0.2) is 17.8 Å². The summed E-state index contributed by atoms with van der Waals surface area (Å²) in [5.74, 6) is -1.15. The molecule has 0 N–H and O–H groups in total. The summed E-state index contributed by atoms with van der Waals surface area (Å²) in [5.41, 5.74) is 0.445. The van der Waals surface area contributed by atoms with Crippen LogP contribution in [0, 0.1) is 5.82 Å². The van der Waals surface area contributed by atoms with Gasteiger partial charge < -0.3 is 4.90 Å². The molecule has 0 aliphatic carbocycles. The van der Waals surface area contributed by atoms with Crippen molar-refractivity contribution in [3.05, 3.63) is 29.4 Å². The van der Waals surface area contributed by atoms with E-state index in [1.807, 2.05) is 0 Å². The SMILES string of the molecule is CN(C(=O)CCS(C)(=O)=O)c1sc(-c2cncc(F)c2)nc1Cl. The Hall–Kier alpha value is -1.58. The average Bonchev–Trinajstić information content (AvgIpc) is 2.85. The fourth-order valence-corrected chi connectivity index (χ4v) is 3.55. The highest BCUT2D eigenvalue weighted by Gasteiger charge is 2.20. The van der Waals surface area contributed by atoms with Crippen molar-refractivity contribution in [3.63, 3.8) is 0 Å². The van der Waals surface area contributed by atoms with E-state index in [4.69, 9.17) is 11.6 Å². The van der Waals surface area contributed by atoms with Crippen molar-refractivity contribution in [2.45, 2.75) is 6.42 Å². The van der Waals surface area contributed by atoms with E-state index in [0.717, 1.165) is 23.8 Å². The van der Waals surface area contributed by atoms with Gasteiger partial charge in [-0.2, -0.15) is 0 Å². The molecule has 0 aromatic carbocycles. The molecule has 2 rings (SSSR count). The van der Waals surface area contributed by atoms with E-state index < -0.39 is 21.6 Å². The standard InChI is InChI=1S/C13H13ClFN3O3S2/c1-18(10(19)3-4-23(2,20)21)13-11(14)17-12(22-13)8-5-9(15)7-16-6-8/h5-7H,3-4H2,1-2H3. The maximum atomic E-state index is 13.2. The van der Waals surface area contributed by atoms with Crippen molar-refractivity contribution in [1.82, 2.24) is 9.97 Å². The molecule has 0 saturated heterocycles. The number of pyridine rings is 1. The van der Waals surface area contributed by atoms with Crippen molar-refractivity contribution < 1.29 is 17.6 Å². The summed E-state index contributed by atoms with van der Waals surface area (Å²) in [4.78, 5) is 21.1. The zero-order chi connectivity index (χ0) is 17.2. The lowest BCUT2D eigenvalue weighted by Gasteiger charge is -2.14. The first-order chi connectivity index (χ1) is 10.7. The molecule has 0 aliphatic rings. The van der Waals surface area contributed by atoms with Crippen molar-refractivity contribution in [2.24, 2.45) is 0 Å². The molecule has 10 heteroatoms. The van der Waals surface area contributed by atoms with Crippen LogP contribution in [0.4, 0.5) is 9.39 Å². The Bertz CT molecular complexity index is 839. The number of carbonyl (C=O) groups is 1. The number of nitrogens with zero attached hydrogens (tertiary/aromatic N) is 3. The number of halogens is 2. The Kier molecular flexibility index (Phi) is 5.33. The maximum absolute atomic E-state index is 13.2. The monoisotopic (exact) mass is 377 g/mol. The third kappa shape index (κ3) is 4.69. The Balaban J connectivity index is 2.22. The lowest BCUT2D eigenvalue weighted by Crippen LogP contribution is -2.27. The van der Waals surface area contributed by atoms with Gasteiger partial charge in [-0.3, -0.25) is 9.78 Å². The summed E-state index contributed by atoms with van der Waals surface area (Å²) in [6, 6.07) is 1.26. The van der Waals surface area contributed by atoms with Crippen molar-refractivity contribution in [2.75, 3.05) is 24.0 Å². The average molecular weight is 378 g/mol. The third-order valence-electron chi connectivity index (χ3n) is 2.89. The van der Waals surface area contributed by atoms with E-state index >= 15 is 0 Å². The quantitative estimate of drug-likeness (QED) is 0.799. The minimum absolute atomic E-state index is 0.0875. The van der Waals surface area contributed by atoms with Crippen molar-refractivity contribution >= 4 is 43.7 Å². The predicted octanol–water partition coefficient (Wildman–Crippen LogP) is 2.40. The van der Waals surface area contributed by atoms with E-state index in [0.29, 0.717) is 15.6 Å². The second-order valence-corrected chi connectivity index (χ2v) is 8.43. The molecular formula is C13H13ClFN3O3S2. The highest BCUT2D eigenvalue weighted by Crippen LogP contribution is 2.37. The second kappa shape index (κ2) is 6.90. The summed E-state index contributed by atoms with van der Waals surface area (Å²) >= 11 is 7.13. The Labute approximate surface area is 141 Å². The predicted molar refractivity (Wildman–Crippen MR) is 88.1 cm³/mol. The lowest BCUT2D eigenvalue weighted by molar-refractivity contribution is -0.117. The van der Waals surface area contributed by atoms with Crippen LogP contribution >= 0.6 is 22.9 Å². The molecule has 2 aromatic rings. The molecule has 0 atom stereocenters. The fraction of sp³-hybridized carbons (Fsp3) is 0.308. The zero-order valence-corrected chi connectivity index (χ0v) is 14.7. The first-order valence-electron chi connectivity index (χ1n) is 6.39. The van der Waals surface area contributed by atoms with Gasteiger partial charge in [0, 0.05) is 31.5 Å². The minimum Gasteiger partial charge on any atom is -0.304 e. The van der Waals surface area contributed by atoms with Gasteiger partial charge in [0.15, 0.2) is 5.15 Å². The number of carbonyl (C=O) groups excluding carboxylic acids is 1. The molecule has 0 aliphatic heterocycles. The molecule has 124 valence electrons. The van der Waals surface area contributed by atoms with Gasteiger partial charge in [0.2, 0.25) is 5.91 Å². The van der Waals surface area contributed by atoms with E-state index in [1.165, 1.54) is 24.2 Å². The summed E-state index contributed by atoms with van der Waals surface area (Å²) in [5, 5.41) is 0.869. The van der Waals surface area contributed by atoms with Crippen LogP contribution in [0.3, 0.4) is 0 Å². The Morgan fingerprint density at radius 1 is 1.43 bits per heavy atom.